The van der Waals surface area contributed by atoms with Gasteiger partial charge in [0.05, 0.1) is 11.3 Å². The second kappa shape index (κ2) is 5.87. The van der Waals surface area contributed by atoms with Crippen LogP contribution in [0.4, 0.5) is 5.69 Å². The van der Waals surface area contributed by atoms with Crippen LogP contribution < -0.4 is 5.32 Å². The molecule has 5 nitrogen and oxygen atoms in total. The highest BCUT2D eigenvalue weighted by atomic mass is 16.2. The van der Waals surface area contributed by atoms with Crippen molar-refractivity contribution in [1.82, 2.24) is 4.57 Å². The zero-order valence-corrected chi connectivity index (χ0v) is 13.2. The van der Waals surface area contributed by atoms with Crippen LogP contribution in [0.2, 0.25) is 0 Å². The maximum Gasteiger partial charge on any atom is 0.244 e. The third kappa shape index (κ3) is 2.55. The molecule has 1 heterocycles. The third-order valence-electron chi connectivity index (χ3n) is 4.22. The number of carbonyl (C=O) groups excluding carboxylic acids is 3. The SMILES string of the molecule is O=C(Cn1cccc1)Nc1cccc2c1C(=O)c1ccccc1C2=O. The predicted molar refractivity (Wildman–Crippen MR) is 92.8 cm³/mol. The Morgan fingerprint density at radius 1 is 0.800 bits per heavy atom. The van der Waals surface area contributed by atoms with Crippen LogP contribution in [0.25, 0.3) is 0 Å². The summed E-state index contributed by atoms with van der Waals surface area (Å²) in [6.45, 7) is 0.134. The van der Waals surface area contributed by atoms with E-state index in [1.165, 1.54) is 0 Å². The highest BCUT2D eigenvalue weighted by Crippen LogP contribution is 2.31. The monoisotopic (exact) mass is 330 g/mol. The summed E-state index contributed by atoms with van der Waals surface area (Å²) in [4.78, 5) is 37.8. The van der Waals surface area contributed by atoms with E-state index in [-0.39, 0.29) is 29.6 Å². The minimum atomic E-state index is -0.260. The second-order valence-electron chi connectivity index (χ2n) is 5.84. The highest BCUT2D eigenvalue weighted by Gasteiger charge is 2.31. The first kappa shape index (κ1) is 15.1. The highest BCUT2D eigenvalue weighted by molar-refractivity contribution is 6.30. The minimum Gasteiger partial charge on any atom is -0.345 e. The van der Waals surface area contributed by atoms with Gasteiger partial charge in [-0.05, 0) is 18.2 Å². The molecule has 1 N–H and O–H groups in total. The van der Waals surface area contributed by atoms with E-state index in [4.69, 9.17) is 0 Å². The van der Waals surface area contributed by atoms with Crippen LogP contribution in [0.5, 0.6) is 0 Å². The summed E-state index contributed by atoms with van der Waals surface area (Å²) in [6, 6.07) is 15.3. The molecule has 0 saturated heterocycles. The molecule has 122 valence electrons. The number of anilines is 1. The Kier molecular flexibility index (Phi) is 3.54. The quantitative estimate of drug-likeness (QED) is 0.628. The van der Waals surface area contributed by atoms with Crippen LogP contribution >= 0.6 is 0 Å². The number of nitrogens with one attached hydrogen (secondary N) is 1. The van der Waals surface area contributed by atoms with Crippen LogP contribution in [0, 0.1) is 0 Å². The van der Waals surface area contributed by atoms with Crippen LogP contribution in [0.1, 0.15) is 31.8 Å². The normalized spacial score (nSPS) is 12.5. The van der Waals surface area contributed by atoms with Crippen molar-refractivity contribution >= 4 is 23.2 Å². The van der Waals surface area contributed by atoms with E-state index in [0.29, 0.717) is 22.4 Å². The average molecular weight is 330 g/mol. The van der Waals surface area contributed by atoms with Gasteiger partial charge in [-0.25, -0.2) is 0 Å². The van der Waals surface area contributed by atoms with E-state index >= 15 is 0 Å². The molecule has 4 rings (SSSR count). The van der Waals surface area contributed by atoms with Gasteiger partial charge in [0.2, 0.25) is 5.91 Å². The van der Waals surface area contributed by atoms with Gasteiger partial charge in [0.25, 0.3) is 0 Å². The third-order valence-corrected chi connectivity index (χ3v) is 4.22. The standard InChI is InChI=1S/C20H14N2O3/c23-17(12-22-10-3-4-11-22)21-16-9-5-8-15-18(16)20(25)14-7-2-1-6-13(14)19(15)24/h1-11H,12H2,(H,21,23). The molecule has 0 radical (unpaired) electrons. The second-order valence-corrected chi connectivity index (χ2v) is 5.84. The molecule has 0 spiro atoms. The Labute approximate surface area is 143 Å². The molecule has 1 aliphatic carbocycles. The van der Waals surface area contributed by atoms with Gasteiger partial charge < -0.3 is 9.88 Å². The van der Waals surface area contributed by atoms with E-state index in [1.807, 2.05) is 12.1 Å². The van der Waals surface area contributed by atoms with E-state index in [0.717, 1.165) is 0 Å². The lowest BCUT2D eigenvalue weighted by Gasteiger charge is -2.20. The first-order chi connectivity index (χ1) is 12.1. The summed E-state index contributed by atoms with van der Waals surface area (Å²) in [5.74, 6) is -0.711. The molecule has 2 aromatic carbocycles. The first-order valence-corrected chi connectivity index (χ1v) is 7.87. The van der Waals surface area contributed by atoms with Crippen molar-refractivity contribution in [1.29, 1.82) is 0 Å². The van der Waals surface area contributed by atoms with Crippen molar-refractivity contribution < 1.29 is 14.4 Å². The van der Waals surface area contributed by atoms with Gasteiger partial charge in [0.15, 0.2) is 11.6 Å². The zero-order valence-electron chi connectivity index (χ0n) is 13.2. The van der Waals surface area contributed by atoms with E-state index in [1.54, 1.807) is 59.4 Å². The van der Waals surface area contributed by atoms with Gasteiger partial charge in [-0.1, -0.05) is 36.4 Å². The predicted octanol–water partition coefficient (Wildman–Crippen LogP) is 2.90. The summed E-state index contributed by atoms with van der Waals surface area (Å²) >= 11 is 0. The number of nitrogens with zero attached hydrogens (tertiary/aromatic N) is 1. The number of benzene rings is 2. The van der Waals surface area contributed by atoms with Gasteiger partial charge in [-0.3, -0.25) is 14.4 Å². The smallest absolute Gasteiger partial charge is 0.244 e. The molecule has 1 amide bonds. The summed E-state index contributed by atoms with van der Waals surface area (Å²) in [5, 5.41) is 2.76. The summed E-state index contributed by atoms with van der Waals surface area (Å²) in [5.41, 5.74) is 1.71. The Balaban J connectivity index is 1.71. The number of carbonyl (C=O) groups is 3. The number of ketones is 2. The van der Waals surface area contributed by atoms with Gasteiger partial charge in [0, 0.05) is 29.1 Å². The lowest BCUT2D eigenvalue weighted by Crippen LogP contribution is -2.25. The Morgan fingerprint density at radius 3 is 2.16 bits per heavy atom. The van der Waals surface area contributed by atoms with Crippen molar-refractivity contribution in [2.75, 3.05) is 5.32 Å². The summed E-state index contributed by atoms with van der Waals surface area (Å²) in [6.07, 6.45) is 3.57. The fourth-order valence-electron chi connectivity index (χ4n) is 3.08. The Hall–Kier alpha value is -3.47. The summed E-state index contributed by atoms with van der Waals surface area (Å²) < 4.78 is 1.73. The molecular formula is C20H14N2O3. The van der Waals surface area contributed by atoms with E-state index in [2.05, 4.69) is 5.32 Å². The largest absolute Gasteiger partial charge is 0.345 e. The average Bonchev–Trinajstić information content (AvgIpc) is 3.12. The molecule has 1 aromatic heterocycles. The number of fused-ring (bicyclic) bond motifs is 2. The van der Waals surface area contributed by atoms with Crippen LogP contribution in [-0.4, -0.2) is 22.0 Å². The van der Waals surface area contributed by atoms with Crippen molar-refractivity contribution in [3.8, 4) is 0 Å². The van der Waals surface area contributed by atoms with Crippen LogP contribution in [-0.2, 0) is 11.3 Å². The van der Waals surface area contributed by atoms with Gasteiger partial charge in [0.1, 0.15) is 6.54 Å². The number of rotatable bonds is 3. The lowest BCUT2D eigenvalue weighted by molar-refractivity contribution is -0.116. The molecule has 0 saturated carbocycles. The Bertz CT molecular complexity index is 1000. The molecule has 25 heavy (non-hydrogen) atoms. The van der Waals surface area contributed by atoms with E-state index in [9.17, 15) is 14.4 Å². The van der Waals surface area contributed by atoms with Crippen LogP contribution in [0.15, 0.2) is 67.0 Å². The van der Waals surface area contributed by atoms with Crippen molar-refractivity contribution in [3.63, 3.8) is 0 Å². The Morgan fingerprint density at radius 2 is 1.44 bits per heavy atom. The maximum absolute atomic E-state index is 12.9. The molecule has 1 aliphatic rings. The van der Waals surface area contributed by atoms with E-state index < -0.39 is 0 Å². The van der Waals surface area contributed by atoms with Crippen molar-refractivity contribution in [2.45, 2.75) is 6.54 Å². The van der Waals surface area contributed by atoms with Crippen molar-refractivity contribution in [2.24, 2.45) is 0 Å². The van der Waals surface area contributed by atoms with Gasteiger partial charge in [-0.15, -0.1) is 0 Å². The first-order valence-electron chi connectivity index (χ1n) is 7.87. The summed E-state index contributed by atoms with van der Waals surface area (Å²) in [7, 11) is 0. The minimum absolute atomic E-state index is 0.134. The maximum atomic E-state index is 12.9. The number of amides is 1. The molecule has 0 atom stereocenters. The molecule has 0 aliphatic heterocycles. The van der Waals surface area contributed by atoms with Crippen LogP contribution in [0.3, 0.4) is 0 Å². The van der Waals surface area contributed by atoms with Crippen molar-refractivity contribution in [3.05, 3.63) is 89.2 Å². The molecule has 0 unspecified atom stereocenters. The fourth-order valence-corrected chi connectivity index (χ4v) is 3.08. The number of hydrogen-bond donors (Lipinski definition) is 1. The molecular weight excluding hydrogens is 316 g/mol. The number of aromatic nitrogens is 1. The molecule has 5 heteroatoms. The lowest BCUT2D eigenvalue weighted by atomic mass is 9.83. The number of hydrogen-bond acceptors (Lipinski definition) is 3. The van der Waals surface area contributed by atoms with Gasteiger partial charge in [-0.2, -0.15) is 0 Å². The fraction of sp³-hybridized carbons (Fsp3) is 0.0500. The zero-order chi connectivity index (χ0) is 17.4. The van der Waals surface area contributed by atoms with Gasteiger partial charge >= 0.3 is 0 Å². The molecule has 0 fully saturated rings. The molecule has 3 aromatic rings. The molecule has 0 bridgehead atoms. The topological polar surface area (TPSA) is 68.2 Å².